The van der Waals surface area contributed by atoms with Gasteiger partial charge in [-0.05, 0) is 30.5 Å². The summed E-state index contributed by atoms with van der Waals surface area (Å²) < 4.78 is 13.1. The highest BCUT2D eigenvalue weighted by molar-refractivity contribution is 5.58. The van der Waals surface area contributed by atoms with Crippen LogP contribution in [0.25, 0.3) is 0 Å². The Morgan fingerprint density at radius 1 is 1.40 bits per heavy atom. The van der Waals surface area contributed by atoms with E-state index < -0.39 is 0 Å². The van der Waals surface area contributed by atoms with Gasteiger partial charge in [0.05, 0.1) is 6.61 Å². The Kier molecular flexibility index (Phi) is 2.43. The summed E-state index contributed by atoms with van der Waals surface area (Å²) in [4.78, 5) is 1.90. The lowest BCUT2D eigenvalue weighted by molar-refractivity contribution is 0.255. The van der Waals surface area contributed by atoms with Gasteiger partial charge in [-0.25, -0.2) is 4.39 Å². The van der Waals surface area contributed by atoms with E-state index in [1.807, 2.05) is 19.0 Å². The summed E-state index contributed by atoms with van der Waals surface area (Å²) in [6.45, 7) is 0.152. The molecule has 0 saturated heterocycles. The minimum Gasteiger partial charge on any atom is -0.395 e. The molecule has 0 heterocycles. The standard InChI is InChI=1S/C12H16FNO/c1-14(2)11-7-9(13)3-4-10(11)12(8-15)5-6-12/h3-4,7,15H,5-6,8H2,1-2H3. The molecule has 1 fully saturated rings. The number of nitrogens with zero attached hydrogens (tertiary/aromatic N) is 1. The van der Waals surface area contributed by atoms with Crippen LogP contribution in [0.4, 0.5) is 10.1 Å². The van der Waals surface area contributed by atoms with Crippen molar-refractivity contribution < 1.29 is 9.50 Å². The number of aliphatic hydroxyl groups is 1. The molecule has 0 aliphatic heterocycles. The number of hydrogen-bond donors (Lipinski definition) is 1. The largest absolute Gasteiger partial charge is 0.395 e. The summed E-state index contributed by atoms with van der Waals surface area (Å²) in [7, 11) is 3.79. The van der Waals surface area contributed by atoms with Crippen molar-refractivity contribution in [3.05, 3.63) is 29.6 Å². The average molecular weight is 209 g/mol. The molecule has 0 unspecified atom stereocenters. The fourth-order valence-corrected chi connectivity index (χ4v) is 1.99. The SMILES string of the molecule is CN(C)c1cc(F)ccc1C1(CO)CC1. The minimum absolute atomic E-state index is 0.104. The summed E-state index contributed by atoms with van der Waals surface area (Å²) in [6, 6.07) is 4.80. The van der Waals surface area contributed by atoms with E-state index in [1.54, 1.807) is 6.07 Å². The molecule has 3 heteroatoms. The van der Waals surface area contributed by atoms with Crippen molar-refractivity contribution in [2.45, 2.75) is 18.3 Å². The number of aliphatic hydroxyl groups excluding tert-OH is 1. The topological polar surface area (TPSA) is 23.5 Å². The predicted molar refractivity (Wildman–Crippen MR) is 58.7 cm³/mol. The molecule has 1 aromatic carbocycles. The molecular weight excluding hydrogens is 193 g/mol. The highest BCUT2D eigenvalue weighted by Gasteiger charge is 2.45. The molecule has 82 valence electrons. The van der Waals surface area contributed by atoms with E-state index in [0.29, 0.717) is 0 Å². The van der Waals surface area contributed by atoms with Crippen LogP contribution < -0.4 is 4.90 Å². The molecule has 1 aromatic rings. The Morgan fingerprint density at radius 3 is 2.53 bits per heavy atom. The van der Waals surface area contributed by atoms with Gasteiger partial charge in [0.25, 0.3) is 0 Å². The van der Waals surface area contributed by atoms with Crippen molar-refractivity contribution in [2.24, 2.45) is 0 Å². The van der Waals surface area contributed by atoms with Crippen molar-refractivity contribution in [1.29, 1.82) is 0 Å². The van der Waals surface area contributed by atoms with Crippen LogP contribution in [0.3, 0.4) is 0 Å². The maximum Gasteiger partial charge on any atom is 0.125 e. The number of anilines is 1. The van der Waals surface area contributed by atoms with Crippen LogP contribution in [0, 0.1) is 5.82 Å². The molecule has 0 atom stereocenters. The summed E-state index contributed by atoms with van der Waals surface area (Å²) in [5.41, 5.74) is 1.84. The molecule has 2 nitrogen and oxygen atoms in total. The van der Waals surface area contributed by atoms with E-state index in [-0.39, 0.29) is 17.8 Å². The van der Waals surface area contributed by atoms with Gasteiger partial charge >= 0.3 is 0 Å². The van der Waals surface area contributed by atoms with Gasteiger partial charge in [-0.3, -0.25) is 0 Å². The zero-order valence-electron chi connectivity index (χ0n) is 9.13. The van der Waals surface area contributed by atoms with E-state index >= 15 is 0 Å². The molecule has 15 heavy (non-hydrogen) atoms. The number of rotatable bonds is 3. The molecule has 1 aliphatic carbocycles. The third-order valence-corrected chi connectivity index (χ3v) is 3.17. The van der Waals surface area contributed by atoms with Gasteiger partial charge in [-0.2, -0.15) is 0 Å². The maximum absolute atomic E-state index is 13.1. The molecule has 0 bridgehead atoms. The second-order valence-electron chi connectivity index (χ2n) is 4.49. The Bertz CT molecular complexity index is 372. The fourth-order valence-electron chi connectivity index (χ4n) is 1.99. The van der Waals surface area contributed by atoms with Gasteiger partial charge in [-0.15, -0.1) is 0 Å². The zero-order valence-corrected chi connectivity index (χ0v) is 9.13. The third kappa shape index (κ3) is 1.72. The molecule has 0 radical (unpaired) electrons. The molecule has 2 rings (SSSR count). The third-order valence-electron chi connectivity index (χ3n) is 3.17. The van der Waals surface area contributed by atoms with Crippen LogP contribution in [0.1, 0.15) is 18.4 Å². The molecule has 1 aliphatic rings. The Morgan fingerprint density at radius 2 is 2.07 bits per heavy atom. The van der Waals surface area contributed by atoms with Gasteiger partial charge in [-0.1, -0.05) is 6.07 Å². The van der Waals surface area contributed by atoms with E-state index in [1.165, 1.54) is 12.1 Å². The monoisotopic (exact) mass is 209 g/mol. The van der Waals surface area contributed by atoms with Crippen LogP contribution >= 0.6 is 0 Å². The first-order valence-corrected chi connectivity index (χ1v) is 5.17. The van der Waals surface area contributed by atoms with Crippen LogP contribution in [-0.2, 0) is 5.41 Å². The van der Waals surface area contributed by atoms with E-state index in [4.69, 9.17) is 0 Å². The van der Waals surface area contributed by atoms with Crippen molar-refractivity contribution >= 4 is 5.69 Å². The van der Waals surface area contributed by atoms with Gasteiger partial charge in [0.1, 0.15) is 5.82 Å². The first-order chi connectivity index (χ1) is 7.09. The minimum atomic E-state index is -0.226. The summed E-state index contributed by atoms with van der Waals surface area (Å²) in [5, 5.41) is 9.37. The lowest BCUT2D eigenvalue weighted by atomic mass is 9.94. The first kappa shape index (κ1) is 10.4. The molecule has 1 N–H and O–H groups in total. The second-order valence-corrected chi connectivity index (χ2v) is 4.49. The van der Waals surface area contributed by atoms with Gasteiger partial charge < -0.3 is 10.0 Å². The highest BCUT2D eigenvalue weighted by Crippen LogP contribution is 2.50. The van der Waals surface area contributed by atoms with E-state index in [9.17, 15) is 9.50 Å². The lowest BCUT2D eigenvalue weighted by Crippen LogP contribution is -2.19. The maximum atomic E-state index is 13.1. The fraction of sp³-hybridized carbons (Fsp3) is 0.500. The number of benzene rings is 1. The van der Waals surface area contributed by atoms with E-state index in [0.717, 1.165) is 24.1 Å². The second kappa shape index (κ2) is 3.49. The van der Waals surface area contributed by atoms with Crippen LogP contribution in [0.2, 0.25) is 0 Å². The van der Waals surface area contributed by atoms with Crippen molar-refractivity contribution in [3.8, 4) is 0 Å². The van der Waals surface area contributed by atoms with E-state index in [2.05, 4.69) is 0 Å². The van der Waals surface area contributed by atoms with Gasteiger partial charge in [0.2, 0.25) is 0 Å². The quantitative estimate of drug-likeness (QED) is 0.822. The molecular formula is C12H16FNO. The van der Waals surface area contributed by atoms with Crippen molar-refractivity contribution in [2.75, 3.05) is 25.6 Å². The summed E-state index contributed by atoms with van der Waals surface area (Å²) >= 11 is 0. The highest BCUT2D eigenvalue weighted by atomic mass is 19.1. The van der Waals surface area contributed by atoms with Crippen molar-refractivity contribution in [1.82, 2.24) is 0 Å². The van der Waals surface area contributed by atoms with Crippen LogP contribution in [0.15, 0.2) is 18.2 Å². The Hall–Kier alpha value is -1.09. The normalized spacial score (nSPS) is 17.6. The molecule has 1 saturated carbocycles. The molecule has 0 spiro atoms. The van der Waals surface area contributed by atoms with Gasteiger partial charge in [0.15, 0.2) is 0 Å². The first-order valence-electron chi connectivity index (χ1n) is 5.17. The molecule has 0 aromatic heterocycles. The average Bonchev–Trinajstić information content (AvgIpc) is 2.98. The lowest BCUT2D eigenvalue weighted by Gasteiger charge is -2.22. The zero-order chi connectivity index (χ0) is 11.1. The smallest absolute Gasteiger partial charge is 0.125 e. The number of hydrogen-bond acceptors (Lipinski definition) is 2. The Balaban J connectivity index is 2.47. The predicted octanol–water partition coefficient (Wildman–Crippen LogP) is 1.92. The number of halogens is 1. The summed E-state index contributed by atoms with van der Waals surface area (Å²) in [6.07, 6.45) is 1.99. The van der Waals surface area contributed by atoms with Crippen LogP contribution in [-0.4, -0.2) is 25.8 Å². The van der Waals surface area contributed by atoms with Crippen LogP contribution in [0.5, 0.6) is 0 Å². The summed E-state index contributed by atoms with van der Waals surface area (Å²) in [5.74, 6) is -0.226. The Labute approximate surface area is 89.3 Å². The van der Waals surface area contributed by atoms with Gasteiger partial charge in [0, 0.05) is 25.2 Å². The van der Waals surface area contributed by atoms with Crippen molar-refractivity contribution in [3.63, 3.8) is 0 Å². The molecule has 0 amide bonds.